The fourth-order valence-corrected chi connectivity index (χ4v) is 3.83. The number of halogens is 2. The van der Waals surface area contributed by atoms with Crippen molar-refractivity contribution in [2.75, 3.05) is 11.9 Å². The largest absolute Gasteiger partial charge is 0.344 e. The van der Waals surface area contributed by atoms with Crippen molar-refractivity contribution >= 4 is 17.6 Å². The summed E-state index contributed by atoms with van der Waals surface area (Å²) >= 11 is 0. The molecular weight excluding hydrogens is 464 g/mol. The molecule has 3 N–H and O–H groups in total. The van der Waals surface area contributed by atoms with E-state index in [1.165, 1.54) is 5.56 Å². The molecule has 0 saturated carbocycles. The summed E-state index contributed by atoms with van der Waals surface area (Å²) in [5.74, 6) is -2.03. The van der Waals surface area contributed by atoms with Gasteiger partial charge in [-0.25, -0.2) is 13.8 Å². The van der Waals surface area contributed by atoms with Gasteiger partial charge in [-0.05, 0) is 43.5 Å². The van der Waals surface area contributed by atoms with Crippen LogP contribution in [0, 0.1) is 11.6 Å². The van der Waals surface area contributed by atoms with Gasteiger partial charge in [-0.1, -0.05) is 43.7 Å². The molecule has 0 saturated heterocycles. The summed E-state index contributed by atoms with van der Waals surface area (Å²) in [5, 5.41) is 8.87. The summed E-state index contributed by atoms with van der Waals surface area (Å²) in [4.78, 5) is 29.6. The van der Waals surface area contributed by atoms with Gasteiger partial charge in [0.15, 0.2) is 5.82 Å². The molecule has 0 unspecified atom stereocenters. The topological polar surface area (TPSA) is 88.0 Å². The minimum atomic E-state index is -0.799. The molecule has 0 aliphatic carbocycles. The van der Waals surface area contributed by atoms with E-state index in [-0.39, 0.29) is 17.5 Å². The highest BCUT2D eigenvalue weighted by molar-refractivity contribution is 5.96. The van der Waals surface area contributed by atoms with E-state index in [0.717, 1.165) is 24.7 Å². The summed E-state index contributed by atoms with van der Waals surface area (Å²) in [6.45, 7) is 7.44. The highest BCUT2D eigenvalue weighted by Crippen LogP contribution is 2.17. The Balaban J connectivity index is 1.56. The Labute approximate surface area is 210 Å². The Morgan fingerprint density at radius 3 is 2.42 bits per heavy atom. The van der Waals surface area contributed by atoms with Crippen molar-refractivity contribution in [1.29, 1.82) is 0 Å². The number of rotatable bonds is 12. The van der Waals surface area contributed by atoms with Crippen molar-refractivity contribution in [2.24, 2.45) is 0 Å². The number of hydrogen-bond acceptors (Lipinski definition) is 4. The maximum atomic E-state index is 13.4. The first-order valence-electron chi connectivity index (χ1n) is 12.0. The average molecular weight is 498 g/mol. The van der Waals surface area contributed by atoms with Crippen molar-refractivity contribution in [3.05, 3.63) is 83.8 Å². The maximum Gasteiger partial charge on any atom is 0.248 e. The molecule has 1 heterocycles. The molecular formula is C27H33F2N5O2. The lowest BCUT2D eigenvalue weighted by atomic mass is 10.1. The highest BCUT2D eigenvalue weighted by Gasteiger charge is 2.23. The van der Waals surface area contributed by atoms with Gasteiger partial charge in [-0.2, -0.15) is 0 Å². The van der Waals surface area contributed by atoms with Crippen molar-refractivity contribution in [3.63, 3.8) is 0 Å². The Hall–Kier alpha value is -3.59. The number of carbonyl (C=O) groups is 2. The molecule has 3 aromatic rings. The van der Waals surface area contributed by atoms with Crippen LogP contribution in [-0.4, -0.2) is 34.0 Å². The van der Waals surface area contributed by atoms with Crippen LogP contribution in [0.25, 0.3) is 0 Å². The fraction of sp³-hybridized carbons (Fsp3) is 0.370. The zero-order valence-electron chi connectivity index (χ0n) is 20.9. The van der Waals surface area contributed by atoms with Crippen LogP contribution < -0.4 is 16.0 Å². The van der Waals surface area contributed by atoms with E-state index in [0.29, 0.717) is 25.2 Å². The van der Waals surface area contributed by atoms with Crippen molar-refractivity contribution in [3.8, 4) is 0 Å². The first-order valence-corrected chi connectivity index (χ1v) is 12.0. The van der Waals surface area contributed by atoms with Gasteiger partial charge in [0.25, 0.3) is 0 Å². The second kappa shape index (κ2) is 12.4. The molecule has 9 heteroatoms. The second-order valence-corrected chi connectivity index (χ2v) is 9.42. The van der Waals surface area contributed by atoms with E-state index in [2.05, 4.69) is 46.9 Å². The van der Waals surface area contributed by atoms with E-state index in [4.69, 9.17) is 0 Å². The fourth-order valence-electron chi connectivity index (χ4n) is 3.83. The Morgan fingerprint density at radius 2 is 1.75 bits per heavy atom. The summed E-state index contributed by atoms with van der Waals surface area (Å²) in [6, 6.07) is 12.3. The summed E-state index contributed by atoms with van der Waals surface area (Å²) in [7, 11) is 0. The van der Waals surface area contributed by atoms with Crippen LogP contribution in [0.3, 0.4) is 0 Å². The van der Waals surface area contributed by atoms with Gasteiger partial charge in [0.2, 0.25) is 11.8 Å². The first-order chi connectivity index (χ1) is 17.2. The van der Waals surface area contributed by atoms with Crippen LogP contribution in [0.5, 0.6) is 0 Å². The van der Waals surface area contributed by atoms with E-state index in [9.17, 15) is 18.4 Å². The van der Waals surface area contributed by atoms with E-state index < -0.39 is 29.5 Å². The highest BCUT2D eigenvalue weighted by atomic mass is 19.1. The van der Waals surface area contributed by atoms with Gasteiger partial charge in [0.05, 0.1) is 18.3 Å². The molecule has 0 fully saturated rings. The Bertz CT molecular complexity index is 1140. The number of nitrogens with zero attached hydrogens (tertiary/aromatic N) is 2. The molecule has 0 radical (unpaired) electrons. The standard InChI is InChI=1S/C27H33F2N5O2/c1-4-8-23(32-25(35)13-20-11-21(28)14-22(29)12-20)26(36)33-24-16-34(18-31-24)27(2,3)17-30-15-19-9-6-5-7-10-19/h5-7,9-12,14,16,18,23,30H,4,8,13,15,17H2,1-3H3,(H,32,35)(H,33,36)/t23-/m0/s1. The number of carbonyl (C=O) groups excluding carboxylic acids is 2. The molecule has 0 aliphatic rings. The normalized spacial score (nSPS) is 12.2. The summed E-state index contributed by atoms with van der Waals surface area (Å²) in [6.07, 6.45) is 4.24. The molecule has 192 valence electrons. The van der Waals surface area contributed by atoms with Gasteiger partial charge in [-0.15, -0.1) is 0 Å². The third-order valence-corrected chi connectivity index (χ3v) is 5.78. The van der Waals surface area contributed by atoms with Gasteiger partial charge >= 0.3 is 0 Å². The minimum absolute atomic E-state index is 0.197. The molecule has 36 heavy (non-hydrogen) atoms. The van der Waals surface area contributed by atoms with E-state index in [1.54, 1.807) is 12.5 Å². The third-order valence-electron chi connectivity index (χ3n) is 5.78. The summed E-state index contributed by atoms with van der Waals surface area (Å²) < 4.78 is 28.8. The number of amides is 2. The quantitative estimate of drug-likeness (QED) is 0.351. The lowest BCUT2D eigenvalue weighted by Crippen LogP contribution is -2.44. The monoisotopic (exact) mass is 497 g/mol. The van der Waals surface area contributed by atoms with Crippen LogP contribution in [0.15, 0.2) is 61.1 Å². The number of anilines is 1. The predicted molar refractivity (Wildman–Crippen MR) is 135 cm³/mol. The number of aromatic nitrogens is 2. The van der Waals surface area contributed by atoms with Crippen LogP contribution in [0.1, 0.15) is 44.7 Å². The van der Waals surface area contributed by atoms with Crippen LogP contribution in [-0.2, 0) is 28.1 Å². The first kappa shape index (κ1) is 27.0. The van der Waals surface area contributed by atoms with E-state index >= 15 is 0 Å². The number of hydrogen-bond donors (Lipinski definition) is 3. The minimum Gasteiger partial charge on any atom is -0.344 e. The zero-order valence-corrected chi connectivity index (χ0v) is 20.9. The van der Waals surface area contributed by atoms with Crippen LogP contribution >= 0.6 is 0 Å². The molecule has 7 nitrogen and oxygen atoms in total. The van der Waals surface area contributed by atoms with Crippen molar-refractivity contribution in [1.82, 2.24) is 20.2 Å². The molecule has 2 amide bonds. The molecule has 2 aromatic carbocycles. The van der Waals surface area contributed by atoms with Gasteiger partial charge in [0.1, 0.15) is 17.7 Å². The molecule has 1 atom stereocenters. The van der Waals surface area contributed by atoms with Gasteiger partial charge in [-0.3, -0.25) is 9.59 Å². The Kier molecular flexibility index (Phi) is 9.30. The zero-order chi connectivity index (χ0) is 26.1. The molecule has 1 aromatic heterocycles. The lowest BCUT2D eigenvalue weighted by molar-refractivity contribution is -0.126. The van der Waals surface area contributed by atoms with Crippen molar-refractivity contribution < 1.29 is 18.4 Å². The van der Waals surface area contributed by atoms with Crippen LogP contribution in [0.2, 0.25) is 0 Å². The number of nitrogens with one attached hydrogen (secondary N) is 3. The molecule has 3 rings (SSSR count). The number of imidazole rings is 1. The maximum absolute atomic E-state index is 13.4. The smallest absolute Gasteiger partial charge is 0.248 e. The van der Waals surface area contributed by atoms with Crippen molar-refractivity contribution in [2.45, 2.75) is 58.2 Å². The van der Waals surface area contributed by atoms with E-state index in [1.807, 2.05) is 29.7 Å². The summed E-state index contributed by atoms with van der Waals surface area (Å²) in [5.41, 5.74) is 1.09. The second-order valence-electron chi connectivity index (χ2n) is 9.42. The van der Waals surface area contributed by atoms with Gasteiger partial charge in [0, 0.05) is 25.4 Å². The predicted octanol–water partition coefficient (Wildman–Crippen LogP) is 4.15. The molecule has 0 bridgehead atoms. The third kappa shape index (κ3) is 7.98. The Morgan fingerprint density at radius 1 is 1.06 bits per heavy atom. The average Bonchev–Trinajstić information content (AvgIpc) is 3.28. The number of benzene rings is 2. The van der Waals surface area contributed by atoms with Crippen LogP contribution in [0.4, 0.5) is 14.6 Å². The molecule has 0 spiro atoms. The van der Waals surface area contributed by atoms with Gasteiger partial charge < -0.3 is 20.5 Å². The lowest BCUT2D eigenvalue weighted by Gasteiger charge is -2.27. The SMILES string of the molecule is CCC[C@H](NC(=O)Cc1cc(F)cc(F)c1)C(=O)Nc1cn(C(C)(C)CNCc2ccccc2)cn1. The molecule has 0 aliphatic heterocycles.